The second kappa shape index (κ2) is 6.89. The highest BCUT2D eigenvalue weighted by molar-refractivity contribution is 5.82. The van der Waals surface area contributed by atoms with Crippen LogP contribution >= 0.6 is 0 Å². The van der Waals surface area contributed by atoms with Gasteiger partial charge in [-0.1, -0.05) is 27.7 Å². The van der Waals surface area contributed by atoms with Crippen LogP contribution in [0.1, 0.15) is 40.5 Å². The lowest BCUT2D eigenvalue weighted by molar-refractivity contribution is -0.134. The first-order valence-corrected chi connectivity index (χ1v) is 7.17. The van der Waals surface area contributed by atoms with Crippen molar-refractivity contribution in [3.05, 3.63) is 0 Å². The van der Waals surface area contributed by atoms with Crippen molar-refractivity contribution in [3.63, 3.8) is 0 Å². The van der Waals surface area contributed by atoms with Crippen LogP contribution in [0.5, 0.6) is 0 Å². The Morgan fingerprint density at radius 1 is 1.16 bits per heavy atom. The number of hydrogen-bond acceptors (Lipinski definition) is 3. The number of nitrogens with zero attached hydrogens (tertiary/aromatic N) is 1. The molecule has 0 bridgehead atoms. The molecule has 0 aromatic heterocycles. The second-order valence-electron chi connectivity index (χ2n) is 6.03. The molecule has 0 radical (unpaired) electrons. The molecular formula is C14H27N3O2. The quantitative estimate of drug-likeness (QED) is 0.790. The molecular weight excluding hydrogens is 242 g/mol. The van der Waals surface area contributed by atoms with Gasteiger partial charge in [0, 0.05) is 25.0 Å². The molecule has 1 atom stereocenters. The van der Waals surface area contributed by atoms with Crippen molar-refractivity contribution < 1.29 is 9.59 Å². The first kappa shape index (κ1) is 16.0. The summed E-state index contributed by atoms with van der Waals surface area (Å²) in [6.07, 6.45) is 1.63. The molecule has 1 aliphatic heterocycles. The van der Waals surface area contributed by atoms with Crippen LogP contribution in [-0.4, -0.2) is 41.9 Å². The third kappa shape index (κ3) is 4.49. The molecule has 110 valence electrons. The van der Waals surface area contributed by atoms with Gasteiger partial charge in [0.1, 0.15) is 0 Å². The summed E-state index contributed by atoms with van der Waals surface area (Å²) >= 11 is 0. The van der Waals surface area contributed by atoms with Crippen molar-refractivity contribution in [3.8, 4) is 0 Å². The SMILES string of the molecule is CC(C)C(=O)NC1CCN(C(=O)[C@H](N)C(C)C)CC1. The summed E-state index contributed by atoms with van der Waals surface area (Å²) < 4.78 is 0. The lowest BCUT2D eigenvalue weighted by Crippen LogP contribution is -2.52. The average molecular weight is 269 g/mol. The summed E-state index contributed by atoms with van der Waals surface area (Å²) in [4.78, 5) is 25.5. The van der Waals surface area contributed by atoms with Crippen molar-refractivity contribution in [2.24, 2.45) is 17.6 Å². The first-order valence-electron chi connectivity index (χ1n) is 7.17. The van der Waals surface area contributed by atoms with E-state index in [2.05, 4.69) is 5.32 Å². The molecule has 5 nitrogen and oxygen atoms in total. The van der Waals surface area contributed by atoms with Gasteiger partial charge in [0.25, 0.3) is 0 Å². The van der Waals surface area contributed by atoms with E-state index in [1.165, 1.54) is 0 Å². The van der Waals surface area contributed by atoms with Crippen LogP contribution in [0, 0.1) is 11.8 Å². The Labute approximate surface area is 115 Å². The number of rotatable bonds is 4. The number of nitrogens with one attached hydrogen (secondary N) is 1. The molecule has 0 aliphatic carbocycles. The zero-order chi connectivity index (χ0) is 14.6. The minimum Gasteiger partial charge on any atom is -0.353 e. The summed E-state index contributed by atoms with van der Waals surface area (Å²) in [6, 6.07) is -0.226. The van der Waals surface area contributed by atoms with E-state index < -0.39 is 6.04 Å². The van der Waals surface area contributed by atoms with Gasteiger partial charge in [-0.05, 0) is 18.8 Å². The van der Waals surface area contributed by atoms with Crippen molar-refractivity contribution in [1.82, 2.24) is 10.2 Å². The molecule has 19 heavy (non-hydrogen) atoms. The van der Waals surface area contributed by atoms with E-state index in [1.54, 1.807) is 0 Å². The monoisotopic (exact) mass is 269 g/mol. The summed E-state index contributed by atoms with van der Waals surface area (Å²) in [5, 5.41) is 3.02. The molecule has 1 heterocycles. The Morgan fingerprint density at radius 2 is 1.68 bits per heavy atom. The number of piperidine rings is 1. The molecule has 5 heteroatoms. The second-order valence-corrected chi connectivity index (χ2v) is 6.03. The molecule has 0 saturated carbocycles. The Morgan fingerprint density at radius 3 is 2.11 bits per heavy atom. The lowest BCUT2D eigenvalue weighted by atomic mass is 10.00. The average Bonchev–Trinajstić information content (AvgIpc) is 2.37. The molecule has 1 saturated heterocycles. The molecule has 1 aliphatic rings. The maximum Gasteiger partial charge on any atom is 0.239 e. The Hall–Kier alpha value is -1.10. The topological polar surface area (TPSA) is 75.4 Å². The standard InChI is InChI=1S/C14H27N3O2/c1-9(2)12(15)14(19)17-7-5-11(6-8-17)16-13(18)10(3)4/h9-12H,5-8,15H2,1-4H3,(H,16,18)/t12-/m1/s1. The van der Waals surface area contributed by atoms with Crippen LogP contribution in [0.15, 0.2) is 0 Å². The van der Waals surface area contributed by atoms with Gasteiger partial charge in [-0.2, -0.15) is 0 Å². The molecule has 3 N–H and O–H groups in total. The van der Waals surface area contributed by atoms with E-state index in [9.17, 15) is 9.59 Å². The summed E-state index contributed by atoms with van der Waals surface area (Å²) in [7, 11) is 0. The fourth-order valence-corrected chi connectivity index (χ4v) is 2.11. The van der Waals surface area contributed by atoms with Crippen LogP contribution in [0.3, 0.4) is 0 Å². The molecule has 0 spiro atoms. The highest BCUT2D eigenvalue weighted by Crippen LogP contribution is 2.13. The van der Waals surface area contributed by atoms with E-state index in [0.717, 1.165) is 12.8 Å². The Kier molecular flexibility index (Phi) is 5.79. The third-order valence-electron chi connectivity index (χ3n) is 3.68. The van der Waals surface area contributed by atoms with Crippen LogP contribution in [-0.2, 0) is 9.59 Å². The minimum atomic E-state index is -0.415. The van der Waals surface area contributed by atoms with E-state index in [1.807, 2.05) is 32.6 Å². The van der Waals surface area contributed by atoms with Gasteiger partial charge < -0.3 is 16.0 Å². The summed E-state index contributed by atoms with van der Waals surface area (Å²) in [5.41, 5.74) is 5.89. The number of nitrogens with two attached hydrogens (primary N) is 1. The molecule has 1 rings (SSSR count). The molecule has 0 aromatic rings. The molecule has 1 fully saturated rings. The number of carbonyl (C=O) groups is 2. The first-order chi connectivity index (χ1) is 8.82. The van der Waals surface area contributed by atoms with Crippen molar-refractivity contribution >= 4 is 11.8 Å². The van der Waals surface area contributed by atoms with Crippen LogP contribution < -0.4 is 11.1 Å². The fourth-order valence-electron chi connectivity index (χ4n) is 2.11. The largest absolute Gasteiger partial charge is 0.353 e. The van der Waals surface area contributed by atoms with Gasteiger partial charge in [0.05, 0.1) is 6.04 Å². The van der Waals surface area contributed by atoms with E-state index in [-0.39, 0.29) is 29.7 Å². The highest BCUT2D eigenvalue weighted by atomic mass is 16.2. The smallest absolute Gasteiger partial charge is 0.239 e. The third-order valence-corrected chi connectivity index (χ3v) is 3.68. The number of amides is 2. The predicted molar refractivity (Wildman–Crippen MR) is 75.4 cm³/mol. The highest BCUT2D eigenvalue weighted by Gasteiger charge is 2.28. The summed E-state index contributed by atoms with van der Waals surface area (Å²) in [5.74, 6) is 0.284. The zero-order valence-corrected chi connectivity index (χ0v) is 12.5. The normalized spacial score (nSPS) is 18.8. The Balaban J connectivity index is 2.41. The zero-order valence-electron chi connectivity index (χ0n) is 12.5. The van der Waals surface area contributed by atoms with Crippen molar-refractivity contribution in [2.45, 2.75) is 52.6 Å². The van der Waals surface area contributed by atoms with Crippen LogP contribution in [0.25, 0.3) is 0 Å². The number of hydrogen-bond donors (Lipinski definition) is 2. The van der Waals surface area contributed by atoms with E-state index in [4.69, 9.17) is 5.73 Å². The van der Waals surface area contributed by atoms with Crippen molar-refractivity contribution in [1.29, 1.82) is 0 Å². The predicted octanol–water partition coefficient (Wildman–Crippen LogP) is 0.733. The van der Waals surface area contributed by atoms with Crippen LogP contribution in [0.2, 0.25) is 0 Å². The van der Waals surface area contributed by atoms with E-state index >= 15 is 0 Å². The molecule has 0 aromatic carbocycles. The van der Waals surface area contributed by atoms with Gasteiger partial charge in [0.15, 0.2) is 0 Å². The lowest BCUT2D eigenvalue weighted by Gasteiger charge is -2.34. The van der Waals surface area contributed by atoms with Gasteiger partial charge in [-0.15, -0.1) is 0 Å². The Bertz CT molecular complexity index is 321. The van der Waals surface area contributed by atoms with Gasteiger partial charge in [-0.3, -0.25) is 9.59 Å². The molecule has 2 amide bonds. The van der Waals surface area contributed by atoms with E-state index in [0.29, 0.717) is 13.1 Å². The maximum atomic E-state index is 12.1. The number of likely N-dealkylation sites (tertiary alicyclic amines) is 1. The van der Waals surface area contributed by atoms with Crippen LogP contribution in [0.4, 0.5) is 0 Å². The number of carbonyl (C=O) groups excluding carboxylic acids is 2. The summed E-state index contributed by atoms with van der Waals surface area (Å²) in [6.45, 7) is 9.05. The van der Waals surface area contributed by atoms with Crippen molar-refractivity contribution in [2.75, 3.05) is 13.1 Å². The van der Waals surface area contributed by atoms with Gasteiger partial charge >= 0.3 is 0 Å². The maximum absolute atomic E-state index is 12.1. The fraction of sp³-hybridized carbons (Fsp3) is 0.857. The van der Waals surface area contributed by atoms with Gasteiger partial charge in [-0.25, -0.2) is 0 Å². The minimum absolute atomic E-state index is 0.00836. The van der Waals surface area contributed by atoms with Gasteiger partial charge in [0.2, 0.25) is 11.8 Å². The molecule has 0 unspecified atom stereocenters.